The Balaban J connectivity index is 1.95. The van der Waals surface area contributed by atoms with Crippen LogP contribution in [0.1, 0.15) is 18.1 Å². The molecule has 3 rings (SSSR count). The van der Waals surface area contributed by atoms with Crippen molar-refractivity contribution in [3.05, 3.63) is 95.5 Å². The van der Waals surface area contributed by atoms with Crippen molar-refractivity contribution in [3.63, 3.8) is 0 Å². The van der Waals surface area contributed by atoms with Crippen molar-refractivity contribution in [1.82, 2.24) is 9.29 Å². The van der Waals surface area contributed by atoms with Crippen molar-refractivity contribution < 1.29 is 26.4 Å². The van der Waals surface area contributed by atoms with Gasteiger partial charge in [-0.25, -0.2) is 21.8 Å². The van der Waals surface area contributed by atoms with Crippen LogP contribution in [0.25, 0.3) is 6.08 Å². The Bertz CT molecular complexity index is 1390. The normalized spacial score (nSPS) is 13.1. The first-order valence-corrected chi connectivity index (χ1v) is 13.8. The molecule has 0 aliphatic rings. The third kappa shape index (κ3) is 6.41. The molecule has 0 fully saturated rings. The van der Waals surface area contributed by atoms with Crippen LogP contribution in [-0.2, 0) is 35.8 Å². The van der Waals surface area contributed by atoms with Gasteiger partial charge in [0, 0.05) is 25.1 Å². The lowest BCUT2D eigenvalue weighted by molar-refractivity contribution is -0.147. The molecule has 1 heterocycles. The first kappa shape index (κ1) is 26.3. The third-order valence-electron chi connectivity index (χ3n) is 5.25. The molecule has 1 aromatic heterocycles. The first-order valence-electron chi connectivity index (χ1n) is 10.8. The van der Waals surface area contributed by atoms with Crippen LogP contribution in [0, 0.1) is 0 Å². The van der Waals surface area contributed by atoms with Crippen LogP contribution in [0.2, 0.25) is 0 Å². The Hall–Kier alpha value is -3.34. The molecule has 0 unspecified atom stereocenters. The molecule has 0 radical (unpaired) electrons. The number of sulfone groups is 1. The maximum Gasteiger partial charge on any atom is 0.324 e. The van der Waals surface area contributed by atoms with Gasteiger partial charge in [0.25, 0.3) is 10.0 Å². The predicted octanol–water partition coefficient (Wildman–Crippen LogP) is 3.32. The van der Waals surface area contributed by atoms with Gasteiger partial charge in [-0.15, -0.1) is 0 Å². The van der Waals surface area contributed by atoms with Crippen LogP contribution in [0.5, 0.6) is 0 Å². The van der Waals surface area contributed by atoms with E-state index in [1.807, 2.05) is 0 Å². The fraction of sp³-hybridized carbons (Fsp3) is 0.200. The van der Waals surface area contributed by atoms with Crippen molar-refractivity contribution in [2.75, 3.05) is 13.7 Å². The molecule has 35 heavy (non-hydrogen) atoms. The zero-order valence-electron chi connectivity index (χ0n) is 19.3. The molecule has 2 aromatic carbocycles. The van der Waals surface area contributed by atoms with E-state index in [0.29, 0.717) is 11.1 Å². The van der Waals surface area contributed by atoms with E-state index in [0.717, 1.165) is 9.71 Å². The Morgan fingerprint density at radius 2 is 1.63 bits per heavy atom. The standard InChI is InChI=1S/C25H26N2O6S2/c1-3-33-25(28)23(27(2)35(31,32)24-15-9-10-17-26-24)19-21-12-8-7-11-20(21)16-18-34(29,30)22-13-5-4-6-14-22/h4-18,23H,3,19H2,1-2H3/b18-16+/t23-/m0/s1. The number of rotatable bonds is 10. The average Bonchev–Trinajstić information content (AvgIpc) is 2.87. The summed E-state index contributed by atoms with van der Waals surface area (Å²) in [5.74, 6) is -0.717. The minimum Gasteiger partial charge on any atom is -0.465 e. The summed E-state index contributed by atoms with van der Waals surface area (Å²) in [6.45, 7) is 1.71. The van der Waals surface area contributed by atoms with Crippen molar-refractivity contribution in [2.24, 2.45) is 0 Å². The molecule has 10 heteroatoms. The lowest BCUT2D eigenvalue weighted by Gasteiger charge is -2.26. The second-order valence-electron chi connectivity index (χ2n) is 7.52. The van der Waals surface area contributed by atoms with E-state index in [4.69, 9.17) is 4.74 Å². The molecule has 0 amide bonds. The van der Waals surface area contributed by atoms with Crippen LogP contribution in [0.3, 0.4) is 0 Å². The van der Waals surface area contributed by atoms with Gasteiger partial charge in [-0.3, -0.25) is 4.79 Å². The number of esters is 1. The summed E-state index contributed by atoms with van der Waals surface area (Å²) in [6, 6.07) is 18.1. The van der Waals surface area contributed by atoms with Crippen LogP contribution in [-0.4, -0.2) is 51.8 Å². The van der Waals surface area contributed by atoms with Gasteiger partial charge in [0.05, 0.1) is 11.5 Å². The van der Waals surface area contributed by atoms with Crippen LogP contribution in [0.4, 0.5) is 0 Å². The quantitative estimate of drug-likeness (QED) is 0.382. The van der Waals surface area contributed by atoms with Gasteiger partial charge >= 0.3 is 5.97 Å². The molecule has 184 valence electrons. The molecule has 0 aliphatic heterocycles. The number of benzene rings is 2. The van der Waals surface area contributed by atoms with Gasteiger partial charge in [-0.05, 0) is 48.4 Å². The molecule has 0 saturated carbocycles. The number of sulfonamides is 1. The van der Waals surface area contributed by atoms with E-state index in [-0.39, 0.29) is 22.9 Å². The SMILES string of the molecule is CCOC(=O)[C@H](Cc1ccccc1/C=C/S(=O)(=O)c1ccccc1)N(C)S(=O)(=O)c1ccccn1. The topological polar surface area (TPSA) is 111 Å². The van der Waals surface area contributed by atoms with Crippen LogP contribution in [0.15, 0.2) is 94.3 Å². The maximum atomic E-state index is 13.1. The molecular weight excluding hydrogens is 488 g/mol. The summed E-state index contributed by atoms with van der Waals surface area (Å²) in [5.41, 5.74) is 1.11. The monoisotopic (exact) mass is 514 g/mol. The van der Waals surface area contributed by atoms with Gasteiger partial charge in [0.15, 0.2) is 14.9 Å². The Labute approximate surface area is 205 Å². The smallest absolute Gasteiger partial charge is 0.324 e. The first-order chi connectivity index (χ1) is 16.7. The van der Waals surface area contributed by atoms with E-state index in [1.54, 1.807) is 61.5 Å². The highest BCUT2D eigenvalue weighted by molar-refractivity contribution is 7.94. The molecule has 0 N–H and O–H groups in total. The molecule has 8 nitrogen and oxygen atoms in total. The van der Waals surface area contributed by atoms with Gasteiger partial charge in [0.1, 0.15) is 6.04 Å². The molecule has 0 spiro atoms. The summed E-state index contributed by atoms with van der Waals surface area (Å²) in [5, 5.41) is 0.897. The van der Waals surface area contributed by atoms with Crippen LogP contribution >= 0.6 is 0 Å². The average molecular weight is 515 g/mol. The van der Waals surface area contributed by atoms with Gasteiger partial charge in [-0.2, -0.15) is 4.31 Å². The predicted molar refractivity (Wildman–Crippen MR) is 132 cm³/mol. The summed E-state index contributed by atoms with van der Waals surface area (Å²) in [7, 11) is -6.49. The molecule has 0 bridgehead atoms. The van der Waals surface area contributed by atoms with Crippen molar-refractivity contribution in [1.29, 1.82) is 0 Å². The number of nitrogens with zero attached hydrogens (tertiary/aromatic N) is 2. The second kappa shape index (κ2) is 11.4. The number of hydrogen-bond acceptors (Lipinski definition) is 7. The van der Waals surface area contributed by atoms with Crippen LogP contribution < -0.4 is 0 Å². The highest BCUT2D eigenvalue weighted by Gasteiger charge is 2.35. The van der Waals surface area contributed by atoms with Crippen molar-refractivity contribution in [2.45, 2.75) is 29.3 Å². The highest BCUT2D eigenvalue weighted by Crippen LogP contribution is 2.22. The number of pyridine rings is 1. The number of carbonyl (C=O) groups excluding carboxylic acids is 1. The zero-order chi connectivity index (χ0) is 25.5. The van der Waals surface area contributed by atoms with Gasteiger partial charge in [-0.1, -0.05) is 48.5 Å². The third-order valence-corrected chi connectivity index (χ3v) is 8.45. The molecule has 0 saturated heterocycles. The minimum atomic E-state index is -4.10. The Kier molecular flexibility index (Phi) is 8.55. The van der Waals surface area contributed by atoms with Gasteiger partial charge < -0.3 is 4.74 Å². The number of aromatic nitrogens is 1. The van der Waals surface area contributed by atoms with Gasteiger partial charge in [0.2, 0.25) is 0 Å². The minimum absolute atomic E-state index is 0.0344. The lowest BCUT2D eigenvalue weighted by Crippen LogP contribution is -2.45. The van der Waals surface area contributed by atoms with E-state index in [2.05, 4.69) is 4.98 Å². The molecule has 3 aromatic rings. The fourth-order valence-corrected chi connectivity index (χ4v) is 5.61. The van der Waals surface area contributed by atoms with E-state index in [1.165, 1.54) is 37.5 Å². The Morgan fingerprint density at radius 1 is 0.971 bits per heavy atom. The van der Waals surface area contributed by atoms with Crippen molar-refractivity contribution in [3.8, 4) is 0 Å². The highest BCUT2D eigenvalue weighted by atomic mass is 32.2. The summed E-state index contributed by atoms with van der Waals surface area (Å²) < 4.78 is 57.7. The Morgan fingerprint density at radius 3 is 2.29 bits per heavy atom. The fourth-order valence-electron chi connectivity index (χ4n) is 3.36. The summed E-state index contributed by atoms with van der Waals surface area (Å²) in [4.78, 5) is 16.9. The number of carbonyl (C=O) groups is 1. The second-order valence-corrected chi connectivity index (χ2v) is 11.3. The molecule has 0 aliphatic carbocycles. The summed E-state index contributed by atoms with van der Waals surface area (Å²) >= 11 is 0. The number of hydrogen-bond donors (Lipinski definition) is 0. The molecule has 1 atom stereocenters. The van der Waals surface area contributed by atoms with E-state index >= 15 is 0 Å². The zero-order valence-corrected chi connectivity index (χ0v) is 20.9. The van der Waals surface area contributed by atoms with Crippen molar-refractivity contribution >= 4 is 31.9 Å². The summed E-state index contributed by atoms with van der Waals surface area (Å²) in [6.07, 6.45) is 2.76. The largest absolute Gasteiger partial charge is 0.465 e. The van der Waals surface area contributed by atoms with E-state index in [9.17, 15) is 21.6 Å². The lowest BCUT2D eigenvalue weighted by atomic mass is 10.0. The van der Waals surface area contributed by atoms with E-state index < -0.39 is 31.9 Å². The maximum absolute atomic E-state index is 13.1. The number of ether oxygens (including phenoxy) is 1. The molecular formula is C25H26N2O6S2. The number of likely N-dealkylation sites (N-methyl/N-ethyl adjacent to an activating group) is 1.